The van der Waals surface area contributed by atoms with Crippen molar-refractivity contribution in [3.63, 3.8) is 0 Å². The second-order valence-electron chi connectivity index (χ2n) is 8.12. The Hall–Kier alpha value is -1.71. The average molecular weight is 377 g/mol. The van der Waals surface area contributed by atoms with Gasteiger partial charge in [0.1, 0.15) is 0 Å². The first-order valence-electron chi connectivity index (χ1n) is 10.2. The molecule has 0 saturated carbocycles. The molecule has 140 valence electrons. The van der Waals surface area contributed by atoms with Gasteiger partial charge in [-0.2, -0.15) is 0 Å². The van der Waals surface area contributed by atoms with E-state index < -0.39 is 0 Å². The van der Waals surface area contributed by atoms with Crippen LogP contribution in [0.4, 0.5) is 0 Å². The van der Waals surface area contributed by atoms with Gasteiger partial charge < -0.3 is 4.57 Å². The van der Waals surface area contributed by atoms with Gasteiger partial charge in [-0.05, 0) is 74.3 Å². The summed E-state index contributed by atoms with van der Waals surface area (Å²) < 4.78 is 2.66. The lowest BCUT2D eigenvalue weighted by atomic mass is 9.90. The van der Waals surface area contributed by atoms with Crippen LogP contribution in [0.1, 0.15) is 47.7 Å². The van der Waals surface area contributed by atoms with Crippen LogP contribution in [0.3, 0.4) is 0 Å². The number of aromatic nitrogens is 1. The van der Waals surface area contributed by atoms with Gasteiger partial charge in [0.25, 0.3) is 0 Å². The molecule has 3 aromatic rings. The van der Waals surface area contributed by atoms with Crippen molar-refractivity contribution in [1.82, 2.24) is 9.47 Å². The molecular formula is C24H28N2S. The number of benzene rings is 2. The second-order valence-corrected chi connectivity index (χ2v) is 9.00. The first-order chi connectivity index (χ1) is 13.2. The maximum Gasteiger partial charge on any atom is 0.0507 e. The van der Waals surface area contributed by atoms with Gasteiger partial charge in [-0.25, -0.2) is 0 Å². The number of aryl methyl sites for hydroxylation is 3. The van der Waals surface area contributed by atoms with E-state index in [1.807, 2.05) is 11.8 Å². The third-order valence-corrected chi connectivity index (χ3v) is 7.14. The zero-order valence-electron chi connectivity index (χ0n) is 16.4. The van der Waals surface area contributed by atoms with E-state index in [1.54, 1.807) is 11.3 Å². The van der Waals surface area contributed by atoms with Crippen LogP contribution in [-0.4, -0.2) is 22.3 Å². The molecular weight excluding hydrogens is 348 g/mol. The van der Waals surface area contributed by atoms with E-state index in [0.29, 0.717) is 6.04 Å². The van der Waals surface area contributed by atoms with Crippen molar-refractivity contribution < 1.29 is 0 Å². The van der Waals surface area contributed by atoms with E-state index in [0.717, 1.165) is 13.1 Å². The molecule has 0 radical (unpaired) electrons. The molecule has 0 saturated heterocycles. The lowest BCUT2D eigenvalue weighted by Gasteiger charge is -2.33. The number of hydrogen-bond acceptors (Lipinski definition) is 2. The fourth-order valence-corrected chi connectivity index (χ4v) is 5.56. The van der Waals surface area contributed by atoms with Gasteiger partial charge in [0.2, 0.25) is 0 Å². The first-order valence-corrected chi connectivity index (χ1v) is 11.5. The SMILES string of the molecule is CSc1ccc(CN2CCCn3c4c(c5cc(C)ccc53)CCC[C@H]42)cc1. The van der Waals surface area contributed by atoms with Crippen molar-refractivity contribution in [2.75, 3.05) is 12.8 Å². The Morgan fingerprint density at radius 1 is 1.04 bits per heavy atom. The normalized spacial score (nSPS) is 19.9. The Bertz CT molecular complexity index is 966. The average Bonchev–Trinajstić information content (AvgIpc) is 2.88. The third-order valence-electron chi connectivity index (χ3n) is 6.40. The Morgan fingerprint density at radius 2 is 1.89 bits per heavy atom. The van der Waals surface area contributed by atoms with Gasteiger partial charge in [0.05, 0.1) is 6.04 Å². The van der Waals surface area contributed by atoms with Crippen molar-refractivity contribution in [2.24, 2.45) is 0 Å². The van der Waals surface area contributed by atoms with Crippen molar-refractivity contribution in [1.29, 1.82) is 0 Å². The summed E-state index contributed by atoms with van der Waals surface area (Å²) in [5, 5.41) is 1.51. The summed E-state index contributed by atoms with van der Waals surface area (Å²) in [6.45, 7) is 5.65. The quantitative estimate of drug-likeness (QED) is 0.522. The van der Waals surface area contributed by atoms with E-state index in [2.05, 4.69) is 65.1 Å². The maximum atomic E-state index is 2.75. The lowest BCUT2D eigenvalue weighted by Crippen LogP contribution is -2.31. The van der Waals surface area contributed by atoms with Crippen LogP contribution in [0.2, 0.25) is 0 Å². The largest absolute Gasteiger partial charge is 0.343 e. The van der Waals surface area contributed by atoms with E-state index in [-0.39, 0.29) is 0 Å². The smallest absolute Gasteiger partial charge is 0.0507 e. The minimum atomic E-state index is 0.573. The highest BCUT2D eigenvalue weighted by Gasteiger charge is 2.33. The maximum absolute atomic E-state index is 2.75. The molecule has 27 heavy (non-hydrogen) atoms. The summed E-state index contributed by atoms with van der Waals surface area (Å²) in [6, 6.07) is 16.8. The minimum absolute atomic E-state index is 0.573. The van der Waals surface area contributed by atoms with Gasteiger partial charge in [0.15, 0.2) is 0 Å². The number of rotatable bonds is 3. The Morgan fingerprint density at radius 3 is 2.70 bits per heavy atom. The summed E-state index contributed by atoms with van der Waals surface area (Å²) in [6.07, 6.45) is 7.24. The van der Waals surface area contributed by atoms with E-state index in [4.69, 9.17) is 0 Å². The molecule has 0 spiro atoms. The van der Waals surface area contributed by atoms with Gasteiger partial charge >= 0.3 is 0 Å². The Labute approximate surface area is 166 Å². The lowest BCUT2D eigenvalue weighted by molar-refractivity contribution is 0.173. The fourth-order valence-electron chi connectivity index (χ4n) is 5.15. The molecule has 2 nitrogen and oxygen atoms in total. The number of fused-ring (bicyclic) bond motifs is 3. The summed E-state index contributed by atoms with van der Waals surface area (Å²) >= 11 is 1.82. The molecule has 0 unspecified atom stereocenters. The van der Waals surface area contributed by atoms with Crippen LogP contribution >= 0.6 is 11.8 Å². The summed E-state index contributed by atoms with van der Waals surface area (Å²) in [5.74, 6) is 0. The first kappa shape index (κ1) is 17.4. The van der Waals surface area contributed by atoms with Crippen LogP contribution in [0.5, 0.6) is 0 Å². The van der Waals surface area contributed by atoms with Crippen molar-refractivity contribution in [3.05, 3.63) is 64.8 Å². The van der Waals surface area contributed by atoms with E-state index in [1.165, 1.54) is 59.2 Å². The van der Waals surface area contributed by atoms with Crippen LogP contribution in [0.15, 0.2) is 47.4 Å². The molecule has 2 heterocycles. The number of nitrogens with zero attached hydrogens (tertiary/aromatic N) is 2. The zero-order valence-corrected chi connectivity index (χ0v) is 17.2. The second kappa shape index (κ2) is 7.03. The van der Waals surface area contributed by atoms with Crippen molar-refractivity contribution >= 4 is 22.7 Å². The predicted octanol–water partition coefficient (Wildman–Crippen LogP) is 5.95. The molecule has 0 N–H and O–H groups in total. The van der Waals surface area contributed by atoms with Gasteiger partial charge in [-0.3, -0.25) is 4.90 Å². The third kappa shape index (κ3) is 3.01. The molecule has 3 heteroatoms. The van der Waals surface area contributed by atoms with Crippen LogP contribution in [0.25, 0.3) is 10.9 Å². The van der Waals surface area contributed by atoms with E-state index >= 15 is 0 Å². The molecule has 1 aliphatic heterocycles. The molecule has 5 rings (SSSR count). The number of thioether (sulfide) groups is 1. The minimum Gasteiger partial charge on any atom is -0.343 e. The molecule has 1 aliphatic carbocycles. The van der Waals surface area contributed by atoms with E-state index in [9.17, 15) is 0 Å². The van der Waals surface area contributed by atoms with Gasteiger partial charge in [-0.15, -0.1) is 11.8 Å². The Kier molecular flexibility index (Phi) is 4.53. The van der Waals surface area contributed by atoms with Crippen LogP contribution in [0, 0.1) is 6.92 Å². The molecule has 1 atom stereocenters. The molecule has 0 amide bonds. The highest BCUT2D eigenvalue weighted by Crippen LogP contribution is 2.42. The number of hydrogen-bond donors (Lipinski definition) is 0. The standard InChI is InChI=1S/C24H28N2S/c1-17-7-12-22-21(15-17)20-5-3-6-23-24(20)26(22)14-4-13-25(23)16-18-8-10-19(27-2)11-9-18/h7-12,15,23H,3-6,13-14,16H2,1-2H3/t23-/m1/s1. The monoisotopic (exact) mass is 376 g/mol. The molecule has 0 fully saturated rings. The van der Waals surface area contributed by atoms with Gasteiger partial charge in [0, 0.05) is 41.1 Å². The molecule has 2 aromatic carbocycles. The van der Waals surface area contributed by atoms with Crippen LogP contribution < -0.4 is 0 Å². The highest BCUT2D eigenvalue weighted by atomic mass is 32.2. The molecule has 2 aliphatic rings. The zero-order chi connectivity index (χ0) is 18.4. The fraction of sp³-hybridized carbons (Fsp3) is 0.417. The summed E-state index contributed by atoms with van der Waals surface area (Å²) in [4.78, 5) is 4.10. The van der Waals surface area contributed by atoms with Crippen LogP contribution in [-0.2, 0) is 19.5 Å². The molecule has 0 bridgehead atoms. The highest BCUT2D eigenvalue weighted by molar-refractivity contribution is 7.98. The topological polar surface area (TPSA) is 8.17 Å². The van der Waals surface area contributed by atoms with Crippen molar-refractivity contribution in [3.8, 4) is 0 Å². The summed E-state index contributed by atoms with van der Waals surface area (Å²) in [5.41, 5.74) is 7.55. The summed E-state index contributed by atoms with van der Waals surface area (Å²) in [7, 11) is 0. The Balaban J connectivity index is 1.55. The van der Waals surface area contributed by atoms with Crippen molar-refractivity contribution in [2.45, 2.75) is 56.6 Å². The van der Waals surface area contributed by atoms with Gasteiger partial charge in [-0.1, -0.05) is 23.8 Å². The molecule has 1 aromatic heterocycles. The predicted molar refractivity (Wildman–Crippen MR) is 116 cm³/mol.